The van der Waals surface area contributed by atoms with Crippen molar-refractivity contribution in [3.8, 4) is 6.07 Å². The van der Waals surface area contributed by atoms with Gasteiger partial charge in [0, 0.05) is 27.5 Å². The molecule has 6 nitrogen and oxygen atoms in total. The molecule has 2 heterocycles. The standard InChI is InChI=1S/C19H16N4O2S/c20-9-13(19(25)22-10-15-4-3-7-26-15)8-14-11-23(12-18(21)24)17-6-2-1-5-16(14)17/h1-8,11H,10,12H2,(H2,21,24)(H,22,25)/b13-8-. The third-order valence-electron chi connectivity index (χ3n) is 3.81. The normalized spacial score (nSPS) is 11.3. The van der Waals surface area contributed by atoms with E-state index < -0.39 is 11.8 Å². The number of hydrogen-bond donors (Lipinski definition) is 2. The first-order valence-electron chi connectivity index (χ1n) is 7.87. The second-order valence-corrected chi connectivity index (χ2v) is 6.66. The number of hydrogen-bond acceptors (Lipinski definition) is 4. The van der Waals surface area contributed by atoms with Gasteiger partial charge in [-0.3, -0.25) is 9.59 Å². The number of nitrogens with one attached hydrogen (secondary N) is 1. The number of aromatic nitrogens is 1. The van der Waals surface area contributed by atoms with Crippen LogP contribution >= 0.6 is 11.3 Å². The molecule has 0 aliphatic rings. The summed E-state index contributed by atoms with van der Waals surface area (Å²) in [5, 5.41) is 14.9. The molecule has 2 aromatic heterocycles. The minimum Gasteiger partial charge on any atom is -0.368 e. The van der Waals surface area contributed by atoms with E-state index in [4.69, 9.17) is 5.73 Å². The number of fused-ring (bicyclic) bond motifs is 1. The Morgan fingerprint density at radius 2 is 2.08 bits per heavy atom. The Labute approximate surface area is 154 Å². The molecule has 2 amide bonds. The molecule has 0 aliphatic heterocycles. The number of carbonyl (C=O) groups is 2. The Morgan fingerprint density at radius 1 is 1.27 bits per heavy atom. The largest absolute Gasteiger partial charge is 0.368 e. The van der Waals surface area contributed by atoms with Gasteiger partial charge in [0.15, 0.2) is 0 Å². The number of rotatable bonds is 6. The molecule has 3 aromatic rings. The van der Waals surface area contributed by atoms with Gasteiger partial charge in [-0.25, -0.2) is 0 Å². The van der Waals surface area contributed by atoms with Crippen molar-refractivity contribution in [3.63, 3.8) is 0 Å². The summed E-state index contributed by atoms with van der Waals surface area (Å²) in [6.45, 7) is 0.403. The van der Waals surface area contributed by atoms with Crippen LogP contribution in [0.5, 0.6) is 0 Å². The number of nitrogens with zero attached hydrogens (tertiary/aromatic N) is 2. The first-order chi connectivity index (χ1) is 12.6. The summed E-state index contributed by atoms with van der Waals surface area (Å²) < 4.78 is 1.71. The number of para-hydroxylation sites is 1. The van der Waals surface area contributed by atoms with E-state index in [2.05, 4.69) is 5.32 Å². The lowest BCUT2D eigenvalue weighted by atomic mass is 10.1. The van der Waals surface area contributed by atoms with Crippen LogP contribution in [0, 0.1) is 11.3 Å². The summed E-state index contributed by atoms with van der Waals surface area (Å²) >= 11 is 1.53. The number of nitriles is 1. The smallest absolute Gasteiger partial charge is 0.262 e. The average Bonchev–Trinajstić information content (AvgIpc) is 3.26. The van der Waals surface area contributed by atoms with Gasteiger partial charge < -0.3 is 15.6 Å². The number of thiophene rings is 1. The number of amides is 2. The molecule has 0 bridgehead atoms. The van der Waals surface area contributed by atoms with Gasteiger partial charge in [0.1, 0.15) is 18.2 Å². The number of primary amides is 1. The second-order valence-electron chi connectivity index (χ2n) is 5.63. The molecule has 3 N–H and O–H groups in total. The van der Waals surface area contributed by atoms with Crippen molar-refractivity contribution in [1.29, 1.82) is 5.26 Å². The molecule has 1 aromatic carbocycles. The monoisotopic (exact) mass is 364 g/mol. The molecule has 0 aliphatic carbocycles. The van der Waals surface area contributed by atoms with Gasteiger partial charge in [-0.15, -0.1) is 11.3 Å². The Hall–Kier alpha value is -3.37. The molecule has 0 saturated carbocycles. The molecule has 0 fully saturated rings. The maximum atomic E-state index is 12.3. The van der Waals surface area contributed by atoms with E-state index in [1.54, 1.807) is 10.8 Å². The van der Waals surface area contributed by atoms with E-state index in [-0.39, 0.29) is 12.1 Å². The molecular formula is C19H16N4O2S. The maximum absolute atomic E-state index is 12.3. The Morgan fingerprint density at radius 3 is 2.77 bits per heavy atom. The Bertz CT molecular complexity index is 1030. The van der Waals surface area contributed by atoms with Crippen LogP contribution in [0.3, 0.4) is 0 Å². The molecule has 0 unspecified atom stereocenters. The lowest BCUT2D eigenvalue weighted by molar-refractivity contribution is -0.118. The van der Waals surface area contributed by atoms with E-state index >= 15 is 0 Å². The predicted octanol–water partition coefficient (Wildman–Crippen LogP) is 2.41. The lowest BCUT2D eigenvalue weighted by Crippen LogP contribution is -2.23. The van der Waals surface area contributed by atoms with Crippen LogP contribution in [-0.4, -0.2) is 16.4 Å². The van der Waals surface area contributed by atoms with Crippen molar-refractivity contribution in [2.24, 2.45) is 5.73 Å². The highest BCUT2D eigenvalue weighted by Gasteiger charge is 2.13. The van der Waals surface area contributed by atoms with Gasteiger partial charge in [-0.1, -0.05) is 24.3 Å². The Kier molecular flexibility index (Phi) is 5.15. The van der Waals surface area contributed by atoms with Crippen LogP contribution in [0.25, 0.3) is 17.0 Å². The summed E-state index contributed by atoms with van der Waals surface area (Å²) in [5.41, 5.74) is 6.80. The van der Waals surface area contributed by atoms with Crippen molar-refractivity contribution in [2.45, 2.75) is 13.1 Å². The summed E-state index contributed by atoms with van der Waals surface area (Å²) in [6, 6.07) is 13.2. The van der Waals surface area contributed by atoms with Gasteiger partial charge >= 0.3 is 0 Å². The summed E-state index contributed by atoms with van der Waals surface area (Å²) in [7, 11) is 0. The topological polar surface area (TPSA) is 101 Å². The zero-order chi connectivity index (χ0) is 18.5. The minimum atomic E-state index is -0.463. The highest BCUT2D eigenvalue weighted by molar-refractivity contribution is 7.09. The Balaban J connectivity index is 1.90. The van der Waals surface area contributed by atoms with Gasteiger partial charge in [0.2, 0.25) is 5.91 Å². The molecular weight excluding hydrogens is 348 g/mol. The molecule has 0 radical (unpaired) electrons. The van der Waals surface area contributed by atoms with Crippen LogP contribution < -0.4 is 11.1 Å². The number of nitrogens with two attached hydrogens (primary N) is 1. The van der Waals surface area contributed by atoms with E-state index in [0.717, 1.165) is 15.8 Å². The van der Waals surface area contributed by atoms with Crippen molar-refractivity contribution in [2.75, 3.05) is 0 Å². The van der Waals surface area contributed by atoms with Crippen LogP contribution in [0.2, 0.25) is 0 Å². The van der Waals surface area contributed by atoms with Crippen LogP contribution in [-0.2, 0) is 22.7 Å². The highest BCUT2D eigenvalue weighted by Crippen LogP contribution is 2.23. The van der Waals surface area contributed by atoms with Crippen LogP contribution in [0.4, 0.5) is 0 Å². The van der Waals surface area contributed by atoms with Gasteiger partial charge in [0.05, 0.1) is 6.54 Å². The zero-order valence-corrected chi connectivity index (χ0v) is 14.6. The van der Waals surface area contributed by atoms with Crippen molar-refractivity contribution >= 4 is 40.1 Å². The van der Waals surface area contributed by atoms with Gasteiger partial charge in [-0.05, 0) is 23.6 Å². The molecule has 3 rings (SSSR count). The van der Waals surface area contributed by atoms with E-state index in [1.165, 1.54) is 17.4 Å². The van der Waals surface area contributed by atoms with Crippen molar-refractivity contribution < 1.29 is 9.59 Å². The van der Waals surface area contributed by atoms with Crippen molar-refractivity contribution in [1.82, 2.24) is 9.88 Å². The molecule has 0 saturated heterocycles. The maximum Gasteiger partial charge on any atom is 0.262 e. The molecule has 26 heavy (non-hydrogen) atoms. The fourth-order valence-corrected chi connectivity index (χ4v) is 3.31. The lowest BCUT2D eigenvalue weighted by Gasteiger charge is -2.02. The molecule has 0 spiro atoms. The molecule has 7 heteroatoms. The summed E-state index contributed by atoms with van der Waals surface area (Å²) in [6.07, 6.45) is 3.25. The summed E-state index contributed by atoms with van der Waals surface area (Å²) in [4.78, 5) is 24.6. The number of carbonyl (C=O) groups excluding carboxylic acids is 2. The van der Waals surface area contributed by atoms with Crippen LogP contribution in [0.15, 0.2) is 53.5 Å². The third kappa shape index (κ3) is 3.82. The molecule has 0 atom stereocenters. The number of benzene rings is 1. The predicted molar refractivity (Wildman–Crippen MR) is 101 cm³/mol. The zero-order valence-electron chi connectivity index (χ0n) is 13.8. The van der Waals surface area contributed by atoms with E-state index in [9.17, 15) is 14.9 Å². The van der Waals surface area contributed by atoms with E-state index in [0.29, 0.717) is 12.1 Å². The highest BCUT2D eigenvalue weighted by atomic mass is 32.1. The SMILES string of the molecule is N#C/C(=C/c1cn(CC(N)=O)c2ccccc12)C(=O)NCc1cccs1. The van der Waals surface area contributed by atoms with Crippen molar-refractivity contribution in [3.05, 3.63) is 64.0 Å². The van der Waals surface area contributed by atoms with Gasteiger partial charge in [0.25, 0.3) is 5.91 Å². The quantitative estimate of drug-likeness (QED) is 0.519. The third-order valence-corrected chi connectivity index (χ3v) is 4.69. The average molecular weight is 364 g/mol. The molecule has 130 valence electrons. The first-order valence-corrected chi connectivity index (χ1v) is 8.75. The van der Waals surface area contributed by atoms with Gasteiger partial charge in [-0.2, -0.15) is 5.26 Å². The fourth-order valence-electron chi connectivity index (χ4n) is 2.67. The fraction of sp³-hybridized carbons (Fsp3) is 0.105. The summed E-state index contributed by atoms with van der Waals surface area (Å²) in [5.74, 6) is -0.900. The second kappa shape index (κ2) is 7.68. The first kappa shape index (κ1) is 17.5. The minimum absolute atomic E-state index is 0.00327. The van der Waals surface area contributed by atoms with Crippen LogP contribution in [0.1, 0.15) is 10.4 Å². The van der Waals surface area contributed by atoms with E-state index in [1.807, 2.05) is 47.8 Å².